The van der Waals surface area contributed by atoms with Crippen LogP contribution >= 0.6 is 0 Å². The summed E-state index contributed by atoms with van der Waals surface area (Å²) in [5.41, 5.74) is 10.7. The SMILES string of the molecule is CC1CN(CC(N)C(N)=O)CC(C)O1. The number of nitrogens with zero attached hydrogens (tertiary/aromatic N) is 1. The lowest BCUT2D eigenvalue weighted by Crippen LogP contribution is -2.52. The van der Waals surface area contributed by atoms with Crippen LogP contribution in [0.1, 0.15) is 13.8 Å². The maximum absolute atomic E-state index is 10.8. The molecule has 5 heteroatoms. The summed E-state index contributed by atoms with van der Waals surface area (Å²) < 4.78 is 5.56. The highest BCUT2D eigenvalue weighted by Gasteiger charge is 2.24. The van der Waals surface area contributed by atoms with Crippen molar-refractivity contribution < 1.29 is 9.53 Å². The fourth-order valence-corrected chi connectivity index (χ4v) is 1.80. The van der Waals surface area contributed by atoms with Gasteiger partial charge in [0.1, 0.15) is 0 Å². The molecule has 82 valence electrons. The van der Waals surface area contributed by atoms with Crippen LogP contribution in [0.3, 0.4) is 0 Å². The van der Waals surface area contributed by atoms with Crippen molar-refractivity contribution >= 4 is 5.91 Å². The molecule has 0 spiro atoms. The molecule has 1 amide bonds. The Morgan fingerprint density at radius 3 is 2.43 bits per heavy atom. The first-order valence-corrected chi connectivity index (χ1v) is 4.91. The van der Waals surface area contributed by atoms with Crippen molar-refractivity contribution in [3.63, 3.8) is 0 Å². The number of carbonyl (C=O) groups is 1. The molecule has 0 aromatic carbocycles. The normalized spacial score (nSPS) is 31.4. The fourth-order valence-electron chi connectivity index (χ4n) is 1.80. The first-order valence-electron chi connectivity index (χ1n) is 4.91. The molecule has 3 atom stereocenters. The quantitative estimate of drug-likeness (QED) is 0.608. The Morgan fingerprint density at radius 1 is 1.50 bits per heavy atom. The Bertz CT molecular complexity index is 200. The van der Waals surface area contributed by atoms with E-state index in [9.17, 15) is 4.79 Å². The van der Waals surface area contributed by atoms with Gasteiger partial charge in [-0.1, -0.05) is 0 Å². The Kier molecular flexibility index (Phi) is 3.86. The van der Waals surface area contributed by atoms with Crippen LogP contribution in [0.15, 0.2) is 0 Å². The summed E-state index contributed by atoms with van der Waals surface area (Å²) in [6.45, 7) is 6.17. The number of ether oxygens (including phenoxy) is 1. The van der Waals surface area contributed by atoms with Crippen LogP contribution in [0.5, 0.6) is 0 Å². The van der Waals surface area contributed by atoms with Crippen LogP contribution in [0.25, 0.3) is 0 Å². The van der Waals surface area contributed by atoms with Gasteiger partial charge in [0.15, 0.2) is 0 Å². The standard InChI is InChI=1S/C9H19N3O2/c1-6-3-12(4-7(2)14-6)5-8(10)9(11)13/h6-8H,3-5,10H2,1-2H3,(H2,11,13). The average molecular weight is 201 g/mol. The third kappa shape index (κ3) is 3.25. The van der Waals surface area contributed by atoms with Crippen molar-refractivity contribution in [3.05, 3.63) is 0 Å². The molecule has 3 unspecified atom stereocenters. The average Bonchev–Trinajstić information content (AvgIpc) is 2.01. The van der Waals surface area contributed by atoms with Gasteiger partial charge in [0, 0.05) is 19.6 Å². The van der Waals surface area contributed by atoms with Gasteiger partial charge in [0.05, 0.1) is 18.2 Å². The number of carbonyl (C=O) groups excluding carboxylic acids is 1. The smallest absolute Gasteiger partial charge is 0.235 e. The van der Waals surface area contributed by atoms with Gasteiger partial charge in [0.2, 0.25) is 5.91 Å². The molecule has 5 nitrogen and oxygen atoms in total. The number of morpholine rings is 1. The Hall–Kier alpha value is -0.650. The molecular weight excluding hydrogens is 182 g/mol. The van der Waals surface area contributed by atoms with Crippen molar-refractivity contribution in [1.29, 1.82) is 0 Å². The minimum atomic E-state index is -0.576. The summed E-state index contributed by atoms with van der Waals surface area (Å²) >= 11 is 0. The Balaban J connectivity index is 2.40. The largest absolute Gasteiger partial charge is 0.373 e. The van der Waals surface area contributed by atoms with E-state index in [0.29, 0.717) is 6.54 Å². The highest BCUT2D eigenvalue weighted by molar-refractivity contribution is 5.79. The number of amides is 1. The van der Waals surface area contributed by atoms with E-state index in [1.807, 2.05) is 13.8 Å². The second-order valence-electron chi connectivity index (χ2n) is 3.98. The number of rotatable bonds is 3. The molecule has 1 heterocycles. The summed E-state index contributed by atoms with van der Waals surface area (Å²) in [4.78, 5) is 12.9. The number of hydrogen-bond acceptors (Lipinski definition) is 4. The molecule has 1 rings (SSSR count). The molecular formula is C9H19N3O2. The lowest BCUT2D eigenvalue weighted by Gasteiger charge is -2.36. The van der Waals surface area contributed by atoms with Crippen LogP contribution in [-0.4, -0.2) is 48.7 Å². The van der Waals surface area contributed by atoms with E-state index in [4.69, 9.17) is 16.2 Å². The van der Waals surface area contributed by atoms with Crippen molar-refractivity contribution in [1.82, 2.24) is 4.90 Å². The third-order valence-corrected chi connectivity index (χ3v) is 2.32. The van der Waals surface area contributed by atoms with Crippen molar-refractivity contribution in [2.24, 2.45) is 11.5 Å². The predicted octanol–water partition coefficient (Wildman–Crippen LogP) is -1.09. The minimum Gasteiger partial charge on any atom is -0.373 e. The number of nitrogens with two attached hydrogens (primary N) is 2. The molecule has 1 fully saturated rings. The van der Waals surface area contributed by atoms with Gasteiger partial charge in [-0.3, -0.25) is 9.69 Å². The van der Waals surface area contributed by atoms with Crippen LogP contribution in [0.2, 0.25) is 0 Å². The van der Waals surface area contributed by atoms with E-state index in [1.165, 1.54) is 0 Å². The summed E-state index contributed by atoms with van der Waals surface area (Å²) in [6, 6.07) is -0.576. The summed E-state index contributed by atoms with van der Waals surface area (Å²) in [6.07, 6.45) is 0.387. The van der Waals surface area contributed by atoms with Crippen LogP contribution in [-0.2, 0) is 9.53 Å². The first-order chi connectivity index (χ1) is 6.49. The maximum Gasteiger partial charge on any atom is 0.235 e. The molecule has 0 bridgehead atoms. The predicted molar refractivity (Wildman–Crippen MR) is 53.6 cm³/mol. The van der Waals surface area contributed by atoms with Crippen LogP contribution < -0.4 is 11.5 Å². The van der Waals surface area contributed by atoms with Gasteiger partial charge >= 0.3 is 0 Å². The van der Waals surface area contributed by atoms with Crippen LogP contribution in [0, 0.1) is 0 Å². The van der Waals surface area contributed by atoms with Gasteiger partial charge in [-0.2, -0.15) is 0 Å². The van der Waals surface area contributed by atoms with Crippen molar-refractivity contribution in [2.45, 2.75) is 32.1 Å². The molecule has 0 saturated carbocycles. The van der Waals surface area contributed by atoms with E-state index in [2.05, 4.69) is 4.90 Å². The molecule has 0 aromatic heterocycles. The van der Waals surface area contributed by atoms with E-state index in [-0.39, 0.29) is 12.2 Å². The molecule has 1 aliphatic rings. The summed E-state index contributed by atoms with van der Waals surface area (Å²) in [5.74, 6) is -0.447. The lowest BCUT2D eigenvalue weighted by atomic mass is 10.2. The van der Waals surface area contributed by atoms with Crippen molar-refractivity contribution in [2.75, 3.05) is 19.6 Å². The summed E-state index contributed by atoms with van der Waals surface area (Å²) in [7, 11) is 0. The Labute approximate surface area is 84.4 Å². The molecule has 4 N–H and O–H groups in total. The monoisotopic (exact) mass is 201 g/mol. The highest BCUT2D eigenvalue weighted by atomic mass is 16.5. The molecule has 0 aromatic rings. The first kappa shape index (κ1) is 11.4. The summed E-state index contributed by atoms with van der Waals surface area (Å²) in [5, 5.41) is 0. The van der Waals surface area contributed by atoms with Gasteiger partial charge in [-0.15, -0.1) is 0 Å². The van der Waals surface area contributed by atoms with Gasteiger partial charge in [-0.05, 0) is 13.8 Å². The molecule has 1 aliphatic heterocycles. The zero-order valence-electron chi connectivity index (χ0n) is 8.77. The fraction of sp³-hybridized carbons (Fsp3) is 0.889. The molecule has 0 aliphatic carbocycles. The second-order valence-corrected chi connectivity index (χ2v) is 3.98. The van der Waals surface area contributed by atoms with Crippen molar-refractivity contribution in [3.8, 4) is 0 Å². The van der Waals surface area contributed by atoms with Gasteiger partial charge in [0.25, 0.3) is 0 Å². The second kappa shape index (κ2) is 4.72. The van der Waals surface area contributed by atoms with E-state index < -0.39 is 11.9 Å². The molecule has 14 heavy (non-hydrogen) atoms. The van der Waals surface area contributed by atoms with Crippen LogP contribution in [0.4, 0.5) is 0 Å². The molecule has 1 saturated heterocycles. The van der Waals surface area contributed by atoms with Gasteiger partial charge in [-0.25, -0.2) is 0 Å². The highest BCUT2D eigenvalue weighted by Crippen LogP contribution is 2.10. The number of hydrogen-bond donors (Lipinski definition) is 2. The number of primary amides is 1. The maximum atomic E-state index is 10.8. The van der Waals surface area contributed by atoms with E-state index in [0.717, 1.165) is 13.1 Å². The van der Waals surface area contributed by atoms with Gasteiger partial charge < -0.3 is 16.2 Å². The van der Waals surface area contributed by atoms with E-state index >= 15 is 0 Å². The lowest BCUT2D eigenvalue weighted by molar-refractivity contribution is -0.121. The zero-order valence-corrected chi connectivity index (χ0v) is 8.77. The minimum absolute atomic E-state index is 0.193. The molecule has 0 radical (unpaired) electrons. The Morgan fingerprint density at radius 2 is 2.00 bits per heavy atom. The van der Waals surface area contributed by atoms with E-state index in [1.54, 1.807) is 0 Å². The third-order valence-electron chi connectivity index (χ3n) is 2.32. The zero-order chi connectivity index (χ0) is 10.7. The topological polar surface area (TPSA) is 81.6 Å².